The van der Waals surface area contributed by atoms with Gasteiger partial charge in [0.15, 0.2) is 0 Å². The lowest BCUT2D eigenvalue weighted by molar-refractivity contribution is 0.102. The predicted molar refractivity (Wildman–Crippen MR) is 65.8 cm³/mol. The molecule has 2 aromatic carbocycles. The van der Waals surface area contributed by atoms with Crippen LogP contribution in [0.2, 0.25) is 5.02 Å². The smallest absolute Gasteiger partial charge is 0.255 e. The Morgan fingerprint density at radius 3 is 2.47 bits per heavy atom. The van der Waals surface area contributed by atoms with Crippen LogP contribution in [0.3, 0.4) is 0 Å². The molecular formula is C13H9ClFNO. The molecule has 0 aromatic heterocycles. The van der Waals surface area contributed by atoms with Crippen LogP contribution >= 0.6 is 11.6 Å². The third-order valence-corrected chi connectivity index (χ3v) is 2.44. The summed E-state index contributed by atoms with van der Waals surface area (Å²) in [4.78, 5) is 11.8. The largest absolute Gasteiger partial charge is 0.322 e. The summed E-state index contributed by atoms with van der Waals surface area (Å²) in [5, 5.41) is 3.16. The van der Waals surface area contributed by atoms with Gasteiger partial charge in [-0.2, -0.15) is 0 Å². The van der Waals surface area contributed by atoms with Crippen molar-refractivity contribution in [3.63, 3.8) is 0 Å². The zero-order valence-corrected chi connectivity index (χ0v) is 9.54. The highest BCUT2D eigenvalue weighted by atomic mass is 35.5. The van der Waals surface area contributed by atoms with Crippen LogP contribution in [0.25, 0.3) is 0 Å². The van der Waals surface area contributed by atoms with E-state index in [1.54, 1.807) is 30.3 Å². The Bertz CT molecular complexity index is 539. The van der Waals surface area contributed by atoms with E-state index in [1.165, 1.54) is 18.2 Å². The van der Waals surface area contributed by atoms with Gasteiger partial charge < -0.3 is 5.32 Å². The lowest BCUT2D eigenvalue weighted by Crippen LogP contribution is -2.11. The number of halogens is 2. The van der Waals surface area contributed by atoms with E-state index < -0.39 is 0 Å². The van der Waals surface area contributed by atoms with Crippen LogP contribution in [0.15, 0.2) is 48.5 Å². The van der Waals surface area contributed by atoms with Gasteiger partial charge in [-0.05, 0) is 42.5 Å². The minimum atomic E-state index is -0.390. The Hall–Kier alpha value is -1.87. The fourth-order valence-electron chi connectivity index (χ4n) is 1.37. The average molecular weight is 250 g/mol. The molecule has 0 unspecified atom stereocenters. The van der Waals surface area contributed by atoms with Crippen molar-refractivity contribution in [3.8, 4) is 0 Å². The summed E-state index contributed by atoms with van der Waals surface area (Å²) in [6.45, 7) is 0. The number of hydrogen-bond acceptors (Lipinski definition) is 1. The van der Waals surface area contributed by atoms with Crippen molar-refractivity contribution in [2.24, 2.45) is 0 Å². The number of nitrogens with one attached hydrogen (secondary N) is 1. The summed E-state index contributed by atoms with van der Waals surface area (Å²) in [7, 11) is 0. The number of carbonyl (C=O) groups excluding carboxylic acids is 1. The molecule has 86 valence electrons. The van der Waals surface area contributed by atoms with E-state index >= 15 is 0 Å². The highest BCUT2D eigenvalue weighted by molar-refractivity contribution is 6.30. The fraction of sp³-hybridized carbons (Fsp3) is 0. The van der Waals surface area contributed by atoms with E-state index in [0.29, 0.717) is 16.3 Å². The van der Waals surface area contributed by atoms with Gasteiger partial charge in [0.05, 0.1) is 0 Å². The third kappa shape index (κ3) is 3.04. The summed E-state index contributed by atoms with van der Waals surface area (Å²) >= 11 is 5.72. The quantitative estimate of drug-likeness (QED) is 0.863. The lowest BCUT2D eigenvalue weighted by Gasteiger charge is -2.05. The van der Waals surface area contributed by atoms with Crippen molar-refractivity contribution in [1.82, 2.24) is 0 Å². The number of rotatable bonds is 2. The maximum atomic E-state index is 12.9. The third-order valence-electron chi connectivity index (χ3n) is 2.19. The Morgan fingerprint density at radius 2 is 1.82 bits per heavy atom. The average Bonchev–Trinajstić information content (AvgIpc) is 2.29. The number of benzene rings is 2. The minimum absolute atomic E-state index is 0.299. The molecule has 0 spiro atoms. The van der Waals surface area contributed by atoms with Gasteiger partial charge in [-0.3, -0.25) is 4.79 Å². The molecule has 1 amide bonds. The second kappa shape index (κ2) is 4.97. The van der Waals surface area contributed by atoms with Crippen LogP contribution in [0.1, 0.15) is 10.4 Å². The minimum Gasteiger partial charge on any atom is -0.322 e. The number of amides is 1. The van der Waals surface area contributed by atoms with Crippen molar-refractivity contribution in [2.45, 2.75) is 0 Å². The van der Waals surface area contributed by atoms with Crippen LogP contribution in [-0.4, -0.2) is 5.91 Å². The van der Waals surface area contributed by atoms with Crippen molar-refractivity contribution in [3.05, 3.63) is 64.9 Å². The highest BCUT2D eigenvalue weighted by Gasteiger charge is 2.05. The molecule has 0 aliphatic rings. The molecule has 0 aliphatic carbocycles. The van der Waals surface area contributed by atoms with Gasteiger partial charge in [-0.25, -0.2) is 4.39 Å². The first-order chi connectivity index (χ1) is 8.15. The molecule has 0 saturated carbocycles. The van der Waals surface area contributed by atoms with Crippen LogP contribution in [0, 0.1) is 5.82 Å². The SMILES string of the molecule is O=C(Nc1cccc(F)c1)c1ccc(Cl)cc1. The first-order valence-corrected chi connectivity index (χ1v) is 5.35. The van der Waals surface area contributed by atoms with Gasteiger partial charge in [0.25, 0.3) is 5.91 Å². The molecule has 0 heterocycles. The van der Waals surface area contributed by atoms with Gasteiger partial charge in [-0.1, -0.05) is 17.7 Å². The Balaban J connectivity index is 2.14. The van der Waals surface area contributed by atoms with Crippen molar-refractivity contribution < 1.29 is 9.18 Å². The summed E-state index contributed by atoms with van der Waals surface area (Å²) in [6, 6.07) is 12.2. The molecule has 2 aromatic rings. The van der Waals surface area contributed by atoms with Crippen molar-refractivity contribution >= 4 is 23.2 Å². The summed E-state index contributed by atoms with van der Waals surface area (Å²) in [5.41, 5.74) is 0.892. The van der Waals surface area contributed by atoms with E-state index in [0.717, 1.165) is 0 Å². The number of hydrogen-bond donors (Lipinski definition) is 1. The zero-order valence-electron chi connectivity index (χ0n) is 8.78. The molecule has 0 atom stereocenters. The second-order valence-corrected chi connectivity index (χ2v) is 3.91. The molecule has 0 radical (unpaired) electrons. The maximum absolute atomic E-state index is 12.9. The molecule has 0 saturated heterocycles. The zero-order chi connectivity index (χ0) is 12.3. The van der Waals surface area contributed by atoms with Gasteiger partial charge in [0.2, 0.25) is 0 Å². The molecule has 2 rings (SSSR count). The van der Waals surface area contributed by atoms with E-state index in [2.05, 4.69) is 5.32 Å². The van der Waals surface area contributed by atoms with Gasteiger partial charge >= 0.3 is 0 Å². The fourth-order valence-corrected chi connectivity index (χ4v) is 1.50. The Kier molecular flexibility index (Phi) is 3.40. The molecule has 4 heteroatoms. The van der Waals surface area contributed by atoms with Crippen molar-refractivity contribution in [1.29, 1.82) is 0 Å². The van der Waals surface area contributed by atoms with Crippen LogP contribution in [-0.2, 0) is 0 Å². The molecule has 17 heavy (non-hydrogen) atoms. The van der Waals surface area contributed by atoms with Crippen LogP contribution in [0.5, 0.6) is 0 Å². The Morgan fingerprint density at radius 1 is 1.12 bits per heavy atom. The highest BCUT2D eigenvalue weighted by Crippen LogP contribution is 2.13. The Labute approximate surface area is 103 Å². The van der Waals surface area contributed by atoms with Gasteiger partial charge in [0, 0.05) is 16.3 Å². The molecule has 0 bridgehead atoms. The van der Waals surface area contributed by atoms with Gasteiger partial charge in [0.1, 0.15) is 5.82 Å². The molecular weight excluding hydrogens is 241 g/mol. The molecule has 2 nitrogen and oxygen atoms in total. The first-order valence-electron chi connectivity index (χ1n) is 4.97. The van der Waals surface area contributed by atoms with Gasteiger partial charge in [-0.15, -0.1) is 0 Å². The number of carbonyl (C=O) groups is 1. The topological polar surface area (TPSA) is 29.1 Å². The van der Waals surface area contributed by atoms with E-state index in [1.807, 2.05) is 0 Å². The summed E-state index contributed by atoms with van der Waals surface area (Å²) < 4.78 is 12.9. The normalized spacial score (nSPS) is 10.0. The molecule has 0 aliphatic heterocycles. The standard InChI is InChI=1S/C13H9ClFNO/c14-10-6-4-9(5-7-10)13(17)16-12-3-1-2-11(15)8-12/h1-8H,(H,16,17). The summed E-state index contributed by atoms with van der Waals surface area (Å²) in [6.07, 6.45) is 0. The van der Waals surface area contributed by atoms with Crippen LogP contribution < -0.4 is 5.32 Å². The number of anilines is 1. The molecule has 0 fully saturated rings. The molecule has 1 N–H and O–H groups in total. The summed E-state index contributed by atoms with van der Waals surface area (Å²) in [5.74, 6) is -0.689. The second-order valence-electron chi connectivity index (χ2n) is 3.47. The predicted octanol–water partition coefficient (Wildman–Crippen LogP) is 3.73. The van der Waals surface area contributed by atoms with Crippen LogP contribution in [0.4, 0.5) is 10.1 Å². The van der Waals surface area contributed by atoms with E-state index in [9.17, 15) is 9.18 Å². The maximum Gasteiger partial charge on any atom is 0.255 e. The van der Waals surface area contributed by atoms with Crippen molar-refractivity contribution in [2.75, 3.05) is 5.32 Å². The first kappa shape index (κ1) is 11.6. The lowest BCUT2D eigenvalue weighted by atomic mass is 10.2. The van der Waals surface area contributed by atoms with E-state index in [4.69, 9.17) is 11.6 Å². The van der Waals surface area contributed by atoms with E-state index in [-0.39, 0.29) is 11.7 Å². The monoisotopic (exact) mass is 249 g/mol.